The largest absolute Gasteiger partial charge is 0.489 e. The molecule has 0 radical (unpaired) electrons. The number of ether oxygens (including phenoxy) is 2. The van der Waals surface area contributed by atoms with Gasteiger partial charge in [-0.15, -0.1) is 0 Å². The maximum Gasteiger partial charge on any atom is 0.303 e. The first-order chi connectivity index (χ1) is 13.7. The molecule has 1 aromatic heterocycles. The monoisotopic (exact) mass is 380 g/mol. The Bertz CT molecular complexity index is 946. The lowest BCUT2D eigenvalue weighted by molar-refractivity contribution is -0.136. The number of aliphatic carboxylic acids is 1. The van der Waals surface area contributed by atoms with E-state index < -0.39 is 5.97 Å². The Morgan fingerprint density at radius 3 is 2.82 bits per heavy atom. The van der Waals surface area contributed by atoms with Gasteiger partial charge in [0.05, 0.1) is 17.6 Å². The standard InChI is InChI=1S/C22H24N2O4/c25-22(26)12-11-19-18-10-9-17(28-15-16-6-2-1-3-7-16)14-20(18)24(23-19)21-8-4-5-13-27-21/h1-3,6-7,9-10,14,21H,4-5,8,11-13,15H2,(H,25,26). The Morgan fingerprint density at radius 2 is 2.07 bits per heavy atom. The van der Waals surface area contributed by atoms with Crippen molar-refractivity contribution in [3.63, 3.8) is 0 Å². The van der Waals surface area contributed by atoms with Gasteiger partial charge in [-0.05, 0) is 37.0 Å². The van der Waals surface area contributed by atoms with Crippen LogP contribution in [0.4, 0.5) is 0 Å². The molecule has 3 aromatic rings. The second kappa shape index (κ2) is 8.44. The summed E-state index contributed by atoms with van der Waals surface area (Å²) in [7, 11) is 0. The number of carboxylic acid groups (broad SMARTS) is 1. The summed E-state index contributed by atoms with van der Waals surface area (Å²) in [6.45, 7) is 1.22. The van der Waals surface area contributed by atoms with E-state index in [0.717, 1.165) is 53.8 Å². The van der Waals surface area contributed by atoms with Crippen molar-refractivity contribution >= 4 is 16.9 Å². The lowest BCUT2D eigenvalue weighted by Crippen LogP contribution is -2.19. The average molecular weight is 380 g/mol. The molecule has 1 atom stereocenters. The number of aromatic nitrogens is 2. The molecule has 1 saturated heterocycles. The second-order valence-electron chi connectivity index (χ2n) is 7.06. The van der Waals surface area contributed by atoms with E-state index in [2.05, 4.69) is 0 Å². The Hall–Kier alpha value is -2.86. The highest BCUT2D eigenvalue weighted by atomic mass is 16.5. The number of hydrogen-bond acceptors (Lipinski definition) is 4. The number of carbonyl (C=O) groups is 1. The third kappa shape index (κ3) is 4.17. The molecule has 2 aromatic carbocycles. The molecule has 0 aliphatic carbocycles. The highest BCUT2D eigenvalue weighted by molar-refractivity contribution is 5.84. The predicted molar refractivity (Wildman–Crippen MR) is 105 cm³/mol. The summed E-state index contributed by atoms with van der Waals surface area (Å²) in [6.07, 6.45) is 3.41. The third-order valence-electron chi connectivity index (χ3n) is 5.01. The van der Waals surface area contributed by atoms with Gasteiger partial charge in [-0.2, -0.15) is 5.10 Å². The average Bonchev–Trinajstić information content (AvgIpc) is 3.10. The van der Waals surface area contributed by atoms with Gasteiger partial charge in [-0.3, -0.25) is 4.79 Å². The summed E-state index contributed by atoms with van der Waals surface area (Å²) in [5.74, 6) is -0.0578. The Balaban J connectivity index is 1.63. The topological polar surface area (TPSA) is 73.6 Å². The first kappa shape index (κ1) is 18.5. The van der Waals surface area contributed by atoms with E-state index in [4.69, 9.17) is 19.7 Å². The molecule has 1 unspecified atom stereocenters. The number of rotatable bonds is 7. The van der Waals surface area contributed by atoms with Gasteiger partial charge >= 0.3 is 5.97 Å². The Morgan fingerprint density at radius 1 is 1.21 bits per heavy atom. The molecular formula is C22H24N2O4. The van der Waals surface area contributed by atoms with E-state index in [0.29, 0.717) is 13.0 Å². The number of aryl methyl sites for hydroxylation is 1. The van der Waals surface area contributed by atoms with Gasteiger partial charge < -0.3 is 14.6 Å². The van der Waals surface area contributed by atoms with Crippen LogP contribution < -0.4 is 4.74 Å². The molecule has 6 nitrogen and oxygen atoms in total. The predicted octanol–water partition coefficient (Wildman–Crippen LogP) is 4.33. The first-order valence-electron chi connectivity index (χ1n) is 9.72. The molecule has 1 N–H and O–H groups in total. The van der Waals surface area contributed by atoms with E-state index in [1.54, 1.807) is 0 Å². The minimum Gasteiger partial charge on any atom is -0.489 e. The van der Waals surface area contributed by atoms with Gasteiger partial charge in [0.2, 0.25) is 0 Å². The maximum absolute atomic E-state index is 11.0. The minimum atomic E-state index is -0.820. The van der Waals surface area contributed by atoms with Crippen LogP contribution in [0.3, 0.4) is 0 Å². The summed E-state index contributed by atoms with van der Waals surface area (Å²) in [5.41, 5.74) is 2.83. The fraction of sp³-hybridized carbons (Fsp3) is 0.364. The molecule has 0 bridgehead atoms. The lowest BCUT2D eigenvalue weighted by Gasteiger charge is -2.23. The Labute approximate surface area is 163 Å². The fourth-order valence-corrected chi connectivity index (χ4v) is 3.56. The summed E-state index contributed by atoms with van der Waals surface area (Å²) in [4.78, 5) is 11.0. The van der Waals surface area contributed by atoms with Crippen LogP contribution in [0.2, 0.25) is 0 Å². The van der Waals surface area contributed by atoms with E-state index in [1.165, 1.54) is 0 Å². The van der Waals surface area contributed by atoms with Crippen molar-refractivity contribution in [2.75, 3.05) is 6.61 Å². The molecular weight excluding hydrogens is 356 g/mol. The summed E-state index contributed by atoms with van der Waals surface area (Å²) < 4.78 is 13.8. The third-order valence-corrected chi connectivity index (χ3v) is 5.01. The SMILES string of the molecule is O=C(O)CCc1nn(C2CCCCO2)c2cc(OCc3ccccc3)ccc12. The number of benzene rings is 2. The number of nitrogens with zero attached hydrogens (tertiary/aromatic N) is 2. The fourth-order valence-electron chi connectivity index (χ4n) is 3.56. The van der Waals surface area contributed by atoms with Crippen LogP contribution in [0.25, 0.3) is 10.9 Å². The molecule has 1 aliphatic rings. The molecule has 4 rings (SSSR count). The summed E-state index contributed by atoms with van der Waals surface area (Å²) >= 11 is 0. The zero-order chi connectivity index (χ0) is 19.3. The molecule has 1 aliphatic heterocycles. The quantitative estimate of drug-likeness (QED) is 0.660. The van der Waals surface area contributed by atoms with Gasteiger partial charge in [0.1, 0.15) is 12.4 Å². The van der Waals surface area contributed by atoms with Crippen LogP contribution in [0, 0.1) is 0 Å². The van der Waals surface area contributed by atoms with Gasteiger partial charge in [0, 0.05) is 24.5 Å². The van der Waals surface area contributed by atoms with E-state index in [-0.39, 0.29) is 12.6 Å². The first-order valence-corrected chi connectivity index (χ1v) is 9.72. The lowest BCUT2D eigenvalue weighted by atomic mass is 10.1. The molecule has 0 spiro atoms. The normalized spacial score (nSPS) is 16.9. The maximum atomic E-state index is 11.0. The Kier molecular flexibility index (Phi) is 5.58. The van der Waals surface area contributed by atoms with Gasteiger partial charge in [-0.25, -0.2) is 4.68 Å². The van der Waals surface area contributed by atoms with E-state index in [9.17, 15) is 4.79 Å². The summed E-state index contributed by atoms with van der Waals surface area (Å²) in [5, 5.41) is 14.7. The van der Waals surface area contributed by atoms with Crippen LogP contribution in [-0.2, 0) is 22.6 Å². The highest BCUT2D eigenvalue weighted by Crippen LogP contribution is 2.31. The molecule has 0 amide bonds. The van der Waals surface area contributed by atoms with Crippen molar-refractivity contribution < 1.29 is 19.4 Å². The second-order valence-corrected chi connectivity index (χ2v) is 7.06. The zero-order valence-corrected chi connectivity index (χ0v) is 15.7. The number of hydrogen-bond donors (Lipinski definition) is 1. The molecule has 1 fully saturated rings. The minimum absolute atomic E-state index is 0.0594. The highest BCUT2D eigenvalue weighted by Gasteiger charge is 2.21. The van der Waals surface area contributed by atoms with E-state index in [1.807, 2.05) is 53.2 Å². The van der Waals surface area contributed by atoms with Crippen molar-refractivity contribution in [3.8, 4) is 5.75 Å². The smallest absolute Gasteiger partial charge is 0.303 e. The van der Waals surface area contributed by atoms with Crippen LogP contribution in [0.5, 0.6) is 5.75 Å². The summed E-state index contributed by atoms with van der Waals surface area (Å²) in [6, 6.07) is 15.9. The van der Waals surface area contributed by atoms with Crippen molar-refractivity contribution in [2.24, 2.45) is 0 Å². The zero-order valence-electron chi connectivity index (χ0n) is 15.7. The van der Waals surface area contributed by atoms with Crippen LogP contribution in [0.15, 0.2) is 48.5 Å². The van der Waals surface area contributed by atoms with E-state index >= 15 is 0 Å². The molecule has 28 heavy (non-hydrogen) atoms. The van der Waals surface area contributed by atoms with Crippen molar-refractivity contribution in [1.29, 1.82) is 0 Å². The van der Waals surface area contributed by atoms with Crippen molar-refractivity contribution in [2.45, 2.75) is 44.9 Å². The number of fused-ring (bicyclic) bond motifs is 1. The van der Waals surface area contributed by atoms with Crippen molar-refractivity contribution in [3.05, 3.63) is 59.8 Å². The van der Waals surface area contributed by atoms with Crippen molar-refractivity contribution in [1.82, 2.24) is 9.78 Å². The van der Waals surface area contributed by atoms with Gasteiger partial charge in [-0.1, -0.05) is 30.3 Å². The van der Waals surface area contributed by atoms with Gasteiger partial charge in [0.25, 0.3) is 0 Å². The van der Waals surface area contributed by atoms with Crippen LogP contribution >= 0.6 is 0 Å². The molecule has 0 saturated carbocycles. The van der Waals surface area contributed by atoms with Crippen LogP contribution in [-0.4, -0.2) is 27.5 Å². The van der Waals surface area contributed by atoms with Crippen LogP contribution in [0.1, 0.15) is 43.2 Å². The molecule has 146 valence electrons. The number of carboxylic acids is 1. The molecule has 2 heterocycles. The van der Waals surface area contributed by atoms with Gasteiger partial charge in [0.15, 0.2) is 6.23 Å². The molecule has 6 heteroatoms.